The maximum Gasteiger partial charge on any atom is 0.305 e. The number of hydrogen-bond donors (Lipinski definition) is 0. The van der Waals surface area contributed by atoms with Gasteiger partial charge in [-0.2, -0.15) is 8.78 Å². The summed E-state index contributed by atoms with van der Waals surface area (Å²) in [7, 11) is 0. The lowest BCUT2D eigenvalue weighted by Gasteiger charge is -2.20. The highest BCUT2D eigenvalue weighted by Gasteiger charge is 2.39. The van der Waals surface area contributed by atoms with Crippen molar-refractivity contribution < 1.29 is 23.2 Å². The molecule has 2 atom stereocenters. The summed E-state index contributed by atoms with van der Waals surface area (Å²) in [5, 5.41) is 0. The number of carbonyl (C=O) groups is 3. The van der Waals surface area contributed by atoms with Crippen molar-refractivity contribution in [3.05, 3.63) is 0 Å². The summed E-state index contributed by atoms with van der Waals surface area (Å²) in [6, 6.07) is 0. The van der Waals surface area contributed by atoms with E-state index in [0.29, 0.717) is 32.1 Å². The Hall–Kier alpha value is -1.13. The van der Waals surface area contributed by atoms with Crippen LogP contribution in [-0.4, -0.2) is 23.8 Å². The van der Waals surface area contributed by atoms with E-state index in [0.717, 1.165) is 44.8 Å². The van der Waals surface area contributed by atoms with Crippen LogP contribution in [0.15, 0.2) is 0 Å². The van der Waals surface area contributed by atoms with Crippen LogP contribution >= 0.6 is 0 Å². The second-order valence-electron chi connectivity index (χ2n) is 7.30. The minimum atomic E-state index is -3.22. The molecule has 1 rings (SSSR count). The lowest BCUT2D eigenvalue weighted by atomic mass is 9.85. The summed E-state index contributed by atoms with van der Waals surface area (Å²) in [4.78, 5) is 34.1. The zero-order chi connectivity index (χ0) is 18.7. The van der Waals surface area contributed by atoms with E-state index >= 15 is 0 Å². The van der Waals surface area contributed by atoms with E-state index in [1.807, 2.05) is 6.92 Å². The van der Waals surface area contributed by atoms with Gasteiger partial charge in [-0.05, 0) is 38.0 Å². The lowest BCUT2D eigenvalue weighted by Crippen LogP contribution is -2.29. The van der Waals surface area contributed by atoms with E-state index < -0.39 is 11.7 Å². The van der Waals surface area contributed by atoms with E-state index in [1.54, 1.807) is 0 Å². The highest BCUT2D eigenvalue weighted by Crippen LogP contribution is 2.37. The SMILES string of the molecule is CCCCC(F)(F)C(=O)CC[C@H]1CCC(=O)[C@@H]1CCCCCCC=O. The smallest absolute Gasteiger partial charge is 0.303 e. The molecule has 0 radical (unpaired) electrons. The third kappa shape index (κ3) is 7.74. The molecule has 0 saturated heterocycles. The molecule has 0 heterocycles. The Morgan fingerprint density at radius 3 is 2.56 bits per heavy atom. The summed E-state index contributed by atoms with van der Waals surface area (Å²) < 4.78 is 27.5. The number of Topliss-reactive ketones (excluding diaryl/α,β-unsaturated/α-hetero) is 2. The van der Waals surface area contributed by atoms with Crippen molar-refractivity contribution >= 4 is 17.9 Å². The fourth-order valence-corrected chi connectivity index (χ4v) is 3.70. The molecule has 3 nitrogen and oxygen atoms in total. The van der Waals surface area contributed by atoms with Crippen LogP contribution in [0.2, 0.25) is 0 Å². The summed E-state index contributed by atoms with van der Waals surface area (Å²) in [5.74, 6) is -3.94. The molecule has 5 heteroatoms. The predicted octanol–water partition coefficient (Wildman–Crippen LogP) is 5.30. The quantitative estimate of drug-likeness (QED) is 0.313. The number of aldehydes is 1. The topological polar surface area (TPSA) is 51.2 Å². The van der Waals surface area contributed by atoms with Gasteiger partial charge in [0.1, 0.15) is 12.1 Å². The molecule has 1 aliphatic rings. The van der Waals surface area contributed by atoms with Gasteiger partial charge in [0.05, 0.1) is 0 Å². The minimum Gasteiger partial charge on any atom is -0.303 e. The minimum absolute atomic E-state index is 0.0665. The van der Waals surface area contributed by atoms with Gasteiger partial charge in [0.25, 0.3) is 0 Å². The molecule has 0 aliphatic heterocycles. The average Bonchev–Trinajstić information content (AvgIpc) is 2.94. The van der Waals surface area contributed by atoms with Gasteiger partial charge in [-0.1, -0.05) is 32.6 Å². The van der Waals surface area contributed by atoms with Gasteiger partial charge in [0, 0.05) is 31.6 Å². The second kappa shape index (κ2) is 11.5. The maximum atomic E-state index is 13.8. The van der Waals surface area contributed by atoms with Crippen molar-refractivity contribution in [1.82, 2.24) is 0 Å². The first kappa shape index (κ1) is 21.9. The normalized spacial score (nSPS) is 20.8. The second-order valence-corrected chi connectivity index (χ2v) is 7.30. The first-order chi connectivity index (χ1) is 11.9. The number of unbranched alkanes of at least 4 members (excludes halogenated alkanes) is 5. The van der Waals surface area contributed by atoms with Crippen LogP contribution in [0.4, 0.5) is 8.78 Å². The lowest BCUT2D eigenvalue weighted by molar-refractivity contribution is -0.144. The van der Waals surface area contributed by atoms with Gasteiger partial charge < -0.3 is 4.79 Å². The van der Waals surface area contributed by atoms with Gasteiger partial charge in [-0.25, -0.2) is 0 Å². The molecule has 25 heavy (non-hydrogen) atoms. The number of carbonyl (C=O) groups excluding carboxylic acids is 3. The van der Waals surface area contributed by atoms with Crippen LogP contribution in [0.25, 0.3) is 0 Å². The molecule has 1 fully saturated rings. The standard InChI is InChI=1S/C20H32F2O3/c1-2-3-14-20(21,22)19(25)13-11-16-10-12-18(24)17(16)9-7-5-4-6-8-15-23/h15-17H,2-14H2,1H3/t16-,17-/m1/s1. The molecule has 0 amide bonds. The molecule has 1 saturated carbocycles. The third-order valence-corrected chi connectivity index (χ3v) is 5.33. The molecule has 0 aromatic heterocycles. The average molecular weight is 358 g/mol. The summed E-state index contributed by atoms with van der Waals surface area (Å²) in [6.45, 7) is 1.83. The Balaban J connectivity index is 2.36. The fraction of sp³-hybridized carbons (Fsp3) is 0.850. The van der Waals surface area contributed by atoms with Gasteiger partial charge >= 0.3 is 5.92 Å². The van der Waals surface area contributed by atoms with Gasteiger partial charge in [-0.15, -0.1) is 0 Å². The van der Waals surface area contributed by atoms with Crippen LogP contribution in [0.3, 0.4) is 0 Å². The Bertz CT molecular complexity index is 435. The highest BCUT2D eigenvalue weighted by atomic mass is 19.3. The molecule has 0 bridgehead atoms. The Labute approximate surface area is 149 Å². The molecule has 144 valence electrons. The van der Waals surface area contributed by atoms with Crippen molar-refractivity contribution in [2.45, 2.75) is 96.3 Å². The molecular weight excluding hydrogens is 326 g/mol. The van der Waals surface area contributed by atoms with E-state index in [9.17, 15) is 23.2 Å². The Morgan fingerprint density at radius 1 is 1.16 bits per heavy atom. The van der Waals surface area contributed by atoms with E-state index in [1.165, 1.54) is 0 Å². The largest absolute Gasteiger partial charge is 0.305 e. The van der Waals surface area contributed by atoms with E-state index in [-0.39, 0.29) is 30.5 Å². The summed E-state index contributed by atoms with van der Waals surface area (Å²) in [5.41, 5.74) is 0. The van der Waals surface area contributed by atoms with Crippen LogP contribution in [0, 0.1) is 11.8 Å². The predicted molar refractivity (Wildman–Crippen MR) is 93.7 cm³/mol. The number of halogens is 2. The molecule has 0 aromatic rings. The van der Waals surface area contributed by atoms with Gasteiger partial charge in [0.2, 0.25) is 5.78 Å². The summed E-state index contributed by atoms with van der Waals surface area (Å²) >= 11 is 0. The van der Waals surface area contributed by atoms with Crippen molar-refractivity contribution in [3.8, 4) is 0 Å². The van der Waals surface area contributed by atoms with E-state index in [4.69, 9.17) is 0 Å². The van der Waals surface area contributed by atoms with Gasteiger partial charge in [-0.3, -0.25) is 9.59 Å². The molecule has 1 aliphatic carbocycles. The molecule has 0 N–H and O–H groups in total. The molecular formula is C20H32F2O3. The maximum absolute atomic E-state index is 13.8. The number of alkyl halides is 2. The summed E-state index contributed by atoms with van der Waals surface area (Å²) in [6.07, 6.45) is 8.21. The Morgan fingerprint density at radius 2 is 1.88 bits per heavy atom. The van der Waals surface area contributed by atoms with Crippen LogP contribution in [0.1, 0.15) is 90.4 Å². The van der Waals surface area contributed by atoms with Crippen molar-refractivity contribution in [2.24, 2.45) is 11.8 Å². The van der Waals surface area contributed by atoms with Crippen molar-refractivity contribution in [1.29, 1.82) is 0 Å². The van der Waals surface area contributed by atoms with Crippen molar-refractivity contribution in [2.75, 3.05) is 0 Å². The number of ketones is 2. The number of hydrogen-bond acceptors (Lipinski definition) is 3. The third-order valence-electron chi connectivity index (χ3n) is 5.33. The molecule has 0 spiro atoms. The Kier molecular flexibility index (Phi) is 10.1. The first-order valence-corrected chi connectivity index (χ1v) is 9.79. The van der Waals surface area contributed by atoms with Crippen LogP contribution in [0.5, 0.6) is 0 Å². The first-order valence-electron chi connectivity index (χ1n) is 9.79. The van der Waals surface area contributed by atoms with Gasteiger partial charge in [0.15, 0.2) is 0 Å². The number of rotatable bonds is 14. The van der Waals surface area contributed by atoms with Crippen molar-refractivity contribution in [3.63, 3.8) is 0 Å². The fourth-order valence-electron chi connectivity index (χ4n) is 3.70. The molecule has 0 aromatic carbocycles. The zero-order valence-corrected chi connectivity index (χ0v) is 15.4. The van der Waals surface area contributed by atoms with Crippen LogP contribution < -0.4 is 0 Å². The van der Waals surface area contributed by atoms with E-state index in [2.05, 4.69) is 0 Å². The molecule has 0 unspecified atom stereocenters. The monoisotopic (exact) mass is 358 g/mol. The highest BCUT2D eigenvalue weighted by molar-refractivity contribution is 5.86. The zero-order valence-electron chi connectivity index (χ0n) is 15.4. The van der Waals surface area contributed by atoms with Crippen LogP contribution in [-0.2, 0) is 14.4 Å².